The smallest absolute Gasteiger partial charge is 0.228 e. The third-order valence-electron chi connectivity index (χ3n) is 1.19. The molecule has 0 radical (unpaired) electrons. The van der Waals surface area contributed by atoms with Gasteiger partial charge in [0.05, 0.1) is 0 Å². The van der Waals surface area contributed by atoms with Gasteiger partial charge in [-0.2, -0.15) is 0 Å². The Bertz CT molecular complexity index is 231. The number of rotatable bonds is 2. The third-order valence-corrected chi connectivity index (χ3v) is 1.88. The highest BCUT2D eigenvalue weighted by Crippen LogP contribution is 2.11. The maximum Gasteiger partial charge on any atom is 0.228 e. The first-order valence-corrected chi connectivity index (χ1v) is 4.28. The first-order chi connectivity index (χ1) is 5.20. The van der Waals surface area contributed by atoms with E-state index in [1.165, 1.54) is 11.3 Å². The zero-order valence-electron chi connectivity index (χ0n) is 6.50. The molecule has 0 saturated carbocycles. The van der Waals surface area contributed by atoms with Crippen LogP contribution in [0.4, 0.5) is 5.13 Å². The van der Waals surface area contributed by atoms with E-state index in [1.807, 2.05) is 19.2 Å². The number of amides is 1. The number of hydrogen-bond acceptors (Lipinski definition) is 3. The van der Waals surface area contributed by atoms with Crippen molar-refractivity contribution in [3.05, 3.63) is 11.6 Å². The molecule has 4 heteroatoms. The lowest BCUT2D eigenvalue weighted by molar-refractivity contribution is -0.118. The number of nitrogens with one attached hydrogen (secondary N) is 1. The molecule has 0 fully saturated rings. The van der Waals surface area contributed by atoms with Crippen molar-refractivity contribution in [3.8, 4) is 0 Å². The summed E-state index contributed by atoms with van der Waals surface area (Å²) in [6, 6.07) is 0. The molecule has 0 aliphatic heterocycles. The molecule has 0 unspecified atom stereocenters. The molecule has 1 aromatic rings. The van der Waals surface area contributed by atoms with E-state index in [0.29, 0.717) is 5.13 Å². The summed E-state index contributed by atoms with van der Waals surface area (Å²) in [4.78, 5) is 15.0. The predicted molar refractivity (Wildman–Crippen MR) is 45.6 cm³/mol. The van der Waals surface area contributed by atoms with Gasteiger partial charge in [-0.1, -0.05) is 13.8 Å². The summed E-state index contributed by atoms with van der Waals surface area (Å²) in [6.07, 6.45) is 1.67. The van der Waals surface area contributed by atoms with Gasteiger partial charge in [-0.3, -0.25) is 4.79 Å². The summed E-state index contributed by atoms with van der Waals surface area (Å²) >= 11 is 1.43. The lowest BCUT2D eigenvalue weighted by atomic mass is 10.2. The van der Waals surface area contributed by atoms with E-state index in [9.17, 15) is 4.79 Å². The van der Waals surface area contributed by atoms with E-state index < -0.39 is 0 Å². The van der Waals surface area contributed by atoms with E-state index in [1.54, 1.807) is 6.20 Å². The van der Waals surface area contributed by atoms with Gasteiger partial charge in [0.2, 0.25) is 5.91 Å². The fourth-order valence-electron chi connectivity index (χ4n) is 0.535. The Morgan fingerprint density at radius 2 is 2.45 bits per heavy atom. The monoisotopic (exact) mass is 170 g/mol. The average Bonchev–Trinajstić information content (AvgIpc) is 2.39. The van der Waals surface area contributed by atoms with Crippen molar-refractivity contribution in [2.24, 2.45) is 5.92 Å². The van der Waals surface area contributed by atoms with Crippen molar-refractivity contribution in [2.45, 2.75) is 13.8 Å². The second-order valence-electron chi connectivity index (χ2n) is 2.48. The number of thiazole rings is 1. The average molecular weight is 170 g/mol. The standard InChI is InChI=1S/C7H10N2OS/c1-5(2)6(10)9-7-8-3-4-11-7/h3-5H,1-2H3,(H,8,9,10). The highest BCUT2D eigenvalue weighted by atomic mass is 32.1. The SMILES string of the molecule is CC(C)C(=O)Nc1nccs1. The number of anilines is 1. The molecule has 0 bridgehead atoms. The molecular weight excluding hydrogens is 160 g/mol. The molecule has 60 valence electrons. The number of hydrogen-bond donors (Lipinski definition) is 1. The van der Waals surface area contributed by atoms with Gasteiger partial charge < -0.3 is 5.32 Å². The molecular formula is C7H10N2OS. The lowest BCUT2D eigenvalue weighted by Gasteiger charge is -2.02. The van der Waals surface area contributed by atoms with Crippen LogP contribution in [-0.2, 0) is 4.79 Å². The van der Waals surface area contributed by atoms with Gasteiger partial charge in [-0.05, 0) is 0 Å². The van der Waals surface area contributed by atoms with E-state index in [-0.39, 0.29) is 11.8 Å². The minimum absolute atomic E-state index is 0.0129. The van der Waals surface area contributed by atoms with Gasteiger partial charge in [0.15, 0.2) is 5.13 Å². The Kier molecular flexibility index (Phi) is 2.59. The van der Waals surface area contributed by atoms with Crippen LogP contribution in [0.15, 0.2) is 11.6 Å². The number of nitrogens with zero attached hydrogens (tertiary/aromatic N) is 1. The summed E-state index contributed by atoms with van der Waals surface area (Å²) in [5, 5.41) is 5.19. The molecule has 0 atom stereocenters. The van der Waals surface area contributed by atoms with Gasteiger partial charge in [0.1, 0.15) is 0 Å². The topological polar surface area (TPSA) is 42.0 Å². The van der Waals surface area contributed by atoms with E-state index in [2.05, 4.69) is 10.3 Å². The minimum atomic E-state index is 0.0129. The van der Waals surface area contributed by atoms with Crippen LogP contribution >= 0.6 is 11.3 Å². The molecule has 1 aromatic heterocycles. The number of carbonyl (C=O) groups is 1. The van der Waals surface area contributed by atoms with Gasteiger partial charge in [0.25, 0.3) is 0 Å². The summed E-state index contributed by atoms with van der Waals surface area (Å²) in [6.45, 7) is 3.70. The van der Waals surface area contributed by atoms with Crippen LogP contribution < -0.4 is 5.32 Å². The number of aromatic nitrogens is 1. The molecule has 1 rings (SSSR count). The van der Waals surface area contributed by atoms with Crippen LogP contribution in [-0.4, -0.2) is 10.9 Å². The Labute approximate surface area is 69.5 Å². The number of carbonyl (C=O) groups excluding carboxylic acids is 1. The van der Waals surface area contributed by atoms with Gasteiger partial charge in [0, 0.05) is 17.5 Å². The van der Waals surface area contributed by atoms with E-state index >= 15 is 0 Å². The van der Waals surface area contributed by atoms with Gasteiger partial charge in [-0.25, -0.2) is 4.98 Å². The van der Waals surface area contributed by atoms with Crippen LogP contribution in [0.5, 0.6) is 0 Å². The highest BCUT2D eigenvalue weighted by molar-refractivity contribution is 7.13. The molecule has 0 aliphatic carbocycles. The normalized spacial score (nSPS) is 10.1. The fraction of sp³-hybridized carbons (Fsp3) is 0.429. The molecule has 3 nitrogen and oxygen atoms in total. The Morgan fingerprint density at radius 1 is 1.73 bits per heavy atom. The second-order valence-corrected chi connectivity index (χ2v) is 3.38. The van der Waals surface area contributed by atoms with Crippen LogP contribution in [0, 0.1) is 5.92 Å². The van der Waals surface area contributed by atoms with Crippen molar-refractivity contribution < 1.29 is 4.79 Å². The second kappa shape index (κ2) is 3.48. The summed E-state index contributed by atoms with van der Waals surface area (Å²) in [5.41, 5.74) is 0. The Morgan fingerprint density at radius 3 is 2.91 bits per heavy atom. The van der Waals surface area contributed by atoms with Crippen molar-refractivity contribution in [3.63, 3.8) is 0 Å². The maximum absolute atomic E-state index is 11.1. The molecule has 1 amide bonds. The Balaban J connectivity index is 2.50. The van der Waals surface area contributed by atoms with E-state index in [0.717, 1.165) is 0 Å². The maximum atomic E-state index is 11.1. The molecule has 0 spiro atoms. The first kappa shape index (κ1) is 8.20. The van der Waals surface area contributed by atoms with Crippen molar-refractivity contribution in [1.82, 2.24) is 4.98 Å². The zero-order valence-corrected chi connectivity index (χ0v) is 7.31. The Hall–Kier alpha value is -0.900. The van der Waals surface area contributed by atoms with Crippen molar-refractivity contribution in [2.75, 3.05) is 5.32 Å². The van der Waals surface area contributed by atoms with Crippen LogP contribution in [0.1, 0.15) is 13.8 Å². The van der Waals surface area contributed by atoms with E-state index in [4.69, 9.17) is 0 Å². The van der Waals surface area contributed by atoms with Crippen molar-refractivity contribution in [1.29, 1.82) is 0 Å². The van der Waals surface area contributed by atoms with Gasteiger partial charge >= 0.3 is 0 Å². The third kappa shape index (κ3) is 2.31. The summed E-state index contributed by atoms with van der Waals surface area (Å²) < 4.78 is 0. The highest BCUT2D eigenvalue weighted by Gasteiger charge is 2.07. The molecule has 0 aromatic carbocycles. The molecule has 0 aliphatic rings. The van der Waals surface area contributed by atoms with Crippen LogP contribution in [0.3, 0.4) is 0 Å². The van der Waals surface area contributed by atoms with Gasteiger partial charge in [-0.15, -0.1) is 11.3 Å². The summed E-state index contributed by atoms with van der Waals surface area (Å²) in [5.74, 6) is 0.0267. The fourth-order valence-corrected chi connectivity index (χ4v) is 1.07. The molecule has 1 N–H and O–H groups in total. The van der Waals surface area contributed by atoms with Crippen LogP contribution in [0.2, 0.25) is 0 Å². The van der Waals surface area contributed by atoms with Crippen molar-refractivity contribution >= 4 is 22.4 Å². The first-order valence-electron chi connectivity index (χ1n) is 3.40. The van der Waals surface area contributed by atoms with Crippen LogP contribution in [0.25, 0.3) is 0 Å². The predicted octanol–water partition coefficient (Wildman–Crippen LogP) is 1.74. The molecule has 11 heavy (non-hydrogen) atoms. The summed E-state index contributed by atoms with van der Waals surface area (Å²) in [7, 11) is 0. The lowest BCUT2D eigenvalue weighted by Crippen LogP contribution is -2.17. The zero-order chi connectivity index (χ0) is 8.27. The quantitative estimate of drug-likeness (QED) is 0.734. The largest absolute Gasteiger partial charge is 0.302 e. The molecule has 1 heterocycles. The molecule has 0 saturated heterocycles. The minimum Gasteiger partial charge on any atom is -0.302 e.